The van der Waals surface area contributed by atoms with Crippen molar-refractivity contribution in [2.45, 2.75) is 12.8 Å². The number of hydrogen-bond acceptors (Lipinski definition) is 3. The molecule has 0 amide bonds. The minimum absolute atomic E-state index is 1.04. The molecule has 0 nitrogen and oxygen atoms in total. The Labute approximate surface area is 141 Å². The number of rotatable bonds is 4. The van der Waals surface area contributed by atoms with Crippen LogP contribution in [0.5, 0.6) is 0 Å². The van der Waals surface area contributed by atoms with Crippen LogP contribution in [0, 0.1) is 0 Å². The summed E-state index contributed by atoms with van der Waals surface area (Å²) in [4.78, 5) is 5.69. The third kappa shape index (κ3) is 3.39. The van der Waals surface area contributed by atoms with Crippen molar-refractivity contribution in [2.24, 2.45) is 0 Å². The summed E-state index contributed by atoms with van der Waals surface area (Å²) in [5.74, 6) is 0. The maximum atomic E-state index is 3.60. The van der Waals surface area contributed by atoms with Crippen LogP contribution in [0.3, 0.4) is 0 Å². The third-order valence-corrected chi connectivity index (χ3v) is 7.71. The van der Waals surface area contributed by atoms with Gasteiger partial charge in [-0.05, 0) is 66.9 Å². The first-order chi connectivity index (χ1) is 9.22. The highest BCUT2D eigenvalue weighted by atomic mass is 79.9. The third-order valence-electron chi connectivity index (χ3n) is 2.77. The Morgan fingerprint density at radius 3 is 1.58 bits per heavy atom. The van der Waals surface area contributed by atoms with Gasteiger partial charge in [-0.25, -0.2) is 0 Å². The molecule has 19 heavy (non-hydrogen) atoms. The molecule has 3 aromatic heterocycles. The number of hydrogen-bond donors (Lipinski definition) is 0. The van der Waals surface area contributed by atoms with E-state index in [1.807, 2.05) is 34.0 Å². The maximum Gasteiger partial charge on any atom is 0.0318 e. The lowest BCUT2D eigenvalue weighted by molar-refractivity contribution is 1.29. The van der Waals surface area contributed by atoms with E-state index in [0.29, 0.717) is 0 Å². The molecule has 0 fully saturated rings. The topological polar surface area (TPSA) is 0 Å². The van der Waals surface area contributed by atoms with Crippen LogP contribution in [0.4, 0.5) is 0 Å². The van der Waals surface area contributed by atoms with Gasteiger partial charge in [0, 0.05) is 41.3 Å². The summed E-state index contributed by atoms with van der Waals surface area (Å²) in [6.45, 7) is 0. The lowest BCUT2D eigenvalue weighted by atomic mass is 10.2. The fraction of sp³-hybridized carbons (Fsp3) is 0.143. The Balaban J connectivity index is 1.73. The molecule has 0 saturated carbocycles. The van der Waals surface area contributed by atoms with E-state index in [1.165, 1.54) is 28.5 Å². The van der Waals surface area contributed by atoms with Crippen LogP contribution in [0.2, 0.25) is 0 Å². The van der Waals surface area contributed by atoms with E-state index in [1.54, 1.807) is 0 Å². The molecule has 0 radical (unpaired) electrons. The van der Waals surface area contributed by atoms with Gasteiger partial charge in [0.05, 0.1) is 0 Å². The highest BCUT2D eigenvalue weighted by Crippen LogP contribution is 2.31. The second-order valence-corrected chi connectivity index (χ2v) is 9.07. The van der Waals surface area contributed by atoms with E-state index in [4.69, 9.17) is 0 Å². The van der Waals surface area contributed by atoms with E-state index in [9.17, 15) is 0 Å². The van der Waals surface area contributed by atoms with Crippen LogP contribution in [0.15, 0.2) is 44.0 Å². The Morgan fingerprint density at radius 2 is 1.21 bits per heavy atom. The summed E-state index contributed by atoms with van der Waals surface area (Å²) in [5, 5.41) is 4.27. The summed E-state index contributed by atoms with van der Waals surface area (Å²) in [6.07, 6.45) is 2.07. The van der Waals surface area contributed by atoms with Crippen molar-refractivity contribution < 1.29 is 0 Å². The first-order valence-electron chi connectivity index (χ1n) is 5.73. The Morgan fingerprint density at radius 1 is 0.737 bits per heavy atom. The van der Waals surface area contributed by atoms with Crippen molar-refractivity contribution in [2.75, 3.05) is 0 Å². The summed E-state index contributed by atoms with van der Waals surface area (Å²) >= 11 is 12.7. The summed E-state index contributed by atoms with van der Waals surface area (Å²) in [6, 6.07) is 8.76. The molecule has 0 saturated heterocycles. The Kier molecular flexibility index (Phi) is 4.59. The molecule has 3 rings (SSSR count). The van der Waals surface area contributed by atoms with Gasteiger partial charge in [-0.15, -0.1) is 34.0 Å². The molecule has 0 aliphatic rings. The lowest BCUT2D eigenvalue weighted by Crippen LogP contribution is -1.80. The van der Waals surface area contributed by atoms with Crippen LogP contribution in [-0.4, -0.2) is 0 Å². The molecule has 0 spiro atoms. The molecule has 0 aliphatic carbocycles. The molecule has 0 unspecified atom stereocenters. The average Bonchev–Trinajstić information content (AvgIpc) is 3.07. The highest BCUT2D eigenvalue weighted by molar-refractivity contribution is 9.10. The lowest BCUT2D eigenvalue weighted by Gasteiger charge is -1.96. The van der Waals surface area contributed by atoms with Crippen LogP contribution in [-0.2, 0) is 12.8 Å². The Bertz CT molecular complexity index is 621. The van der Waals surface area contributed by atoms with E-state index in [2.05, 4.69) is 66.9 Å². The van der Waals surface area contributed by atoms with Crippen LogP contribution in [0.1, 0.15) is 19.5 Å². The zero-order valence-corrected chi connectivity index (χ0v) is 15.5. The van der Waals surface area contributed by atoms with E-state index < -0.39 is 0 Å². The van der Waals surface area contributed by atoms with Gasteiger partial charge in [0.1, 0.15) is 0 Å². The van der Waals surface area contributed by atoms with Crippen LogP contribution in [0.25, 0.3) is 0 Å². The molecule has 0 N–H and O–H groups in total. The standard InChI is InChI=1S/C14H10Br2S3/c15-11-3-5-17-13(11)7-9-1-2-10(19-9)8-14-12(16)4-6-18-14/h1-6H,7-8H2. The van der Waals surface area contributed by atoms with Crippen LogP contribution < -0.4 is 0 Å². The predicted octanol–water partition coefficient (Wildman–Crippen LogP) is 6.58. The minimum Gasteiger partial charge on any atom is -0.147 e. The first kappa shape index (κ1) is 14.0. The fourth-order valence-electron chi connectivity index (χ4n) is 1.83. The molecule has 5 heteroatoms. The number of halogens is 2. The molecule has 0 aliphatic heterocycles. The van der Waals surface area contributed by atoms with Crippen LogP contribution >= 0.6 is 65.9 Å². The fourth-order valence-corrected chi connectivity index (χ4v) is 6.09. The monoisotopic (exact) mass is 432 g/mol. The zero-order chi connectivity index (χ0) is 13.2. The smallest absolute Gasteiger partial charge is 0.0318 e. The highest BCUT2D eigenvalue weighted by Gasteiger charge is 2.08. The van der Waals surface area contributed by atoms with Crippen molar-refractivity contribution in [3.63, 3.8) is 0 Å². The van der Waals surface area contributed by atoms with Gasteiger partial charge in [0.15, 0.2) is 0 Å². The quantitative estimate of drug-likeness (QED) is 0.435. The molecule has 0 atom stereocenters. The van der Waals surface area contributed by atoms with Crippen molar-refractivity contribution in [3.8, 4) is 0 Å². The van der Waals surface area contributed by atoms with Gasteiger partial charge < -0.3 is 0 Å². The van der Waals surface area contributed by atoms with Gasteiger partial charge in [-0.2, -0.15) is 0 Å². The normalized spacial score (nSPS) is 11.1. The van der Waals surface area contributed by atoms with Crippen molar-refractivity contribution in [1.29, 1.82) is 0 Å². The molecule has 0 aromatic carbocycles. The Hall–Kier alpha value is 0.0600. The van der Waals surface area contributed by atoms with Gasteiger partial charge in [-0.3, -0.25) is 0 Å². The maximum absolute atomic E-state index is 3.60. The molecule has 98 valence electrons. The second kappa shape index (κ2) is 6.22. The minimum atomic E-state index is 1.04. The van der Waals surface area contributed by atoms with Crippen molar-refractivity contribution in [3.05, 3.63) is 63.5 Å². The summed E-state index contributed by atoms with van der Waals surface area (Å²) < 4.78 is 2.46. The molecule has 3 aromatic rings. The van der Waals surface area contributed by atoms with Crippen molar-refractivity contribution in [1.82, 2.24) is 0 Å². The number of thiophene rings is 3. The predicted molar refractivity (Wildman–Crippen MR) is 94.0 cm³/mol. The molecule has 3 heterocycles. The molecular weight excluding hydrogens is 424 g/mol. The van der Waals surface area contributed by atoms with Gasteiger partial charge in [-0.1, -0.05) is 0 Å². The van der Waals surface area contributed by atoms with Gasteiger partial charge in [0.25, 0.3) is 0 Å². The average molecular weight is 434 g/mol. The van der Waals surface area contributed by atoms with Gasteiger partial charge in [0.2, 0.25) is 0 Å². The zero-order valence-electron chi connectivity index (χ0n) is 9.86. The summed E-state index contributed by atoms with van der Waals surface area (Å²) in [5.41, 5.74) is 0. The first-order valence-corrected chi connectivity index (χ1v) is 9.90. The van der Waals surface area contributed by atoms with Gasteiger partial charge >= 0.3 is 0 Å². The molecular formula is C14H10Br2S3. The second-order valence-electron chi connectivity index (χ2n) is 4.11. The van der Waals surface area contributed by atoms with E-state index >= 15 is 0 Å². The van der Waals surface area contributed by atoms with E-state index in [0.717, 1.165) is 12.8 Å². The largest absolute Gasteiger partial charge is 0.147 e. The SMILES string of the molecule is Brc1ccsc1Cc1ccc(Cc2sccc2Br)s1. The summed E-state index contributed by atoms with van der Waals surface area (Å²) in [7, 11) is 0. The molecule has 0 bridgehead atoms. The van der Waals surface area contributed by atoms with Crippen molar-refractivity contribution >= 4 is 65.9 Å². The van der Waals surface area contributed by atoms with E-state index in [-0.39, 0.29) is 0 Å².